The van der Waals surface area contributed by atoms with E-state index in [4.69, 9.17) is 5.26 Å². The molecule has 58 valence electrons. The lowest BCUT2D eigenvalue weighted by molar-refractivity contribution is 0.732. The number of hydrogen-bond acceptors (Lipinski definition) is 5. The number of nitrogens with zero attached hydrogens (tertiary/aromatic N) is 3. The van der Waals surface area contributed by atoms with Crippen molar-refractivity contribution in [2.75, 3.05) is 7.05 Å². The molecule has 1 aromatic rings. The van der Waals surface area contributed by atoms with Crippen LogP contribution in [0.2, 0.25) is 0 Å². The zero-order valence-corrected chi connectivity index (χ0v) is 7.14. The van der Waals surface area contributed by atoms with Gasteiger partial charge in [0.2, 0.25) is 0 Å². The first-order valence-electron chi connectivity index (χ1n) is 3.15. The average Bonchev–Trinajstić information content (AvgIpc) is 2.40. The van der Waals surface area contributed by atoms with Gasteiger partial charge < -0.3 is 5.32 Å². The summed E-state index contributed by atoms with van der Waals surface area (Å²) in [5.41, 5.74) is 0.830. The van der Waals surface area contributed by atoms with E-state index in [0.717, 1.165) is 10.6 Å². The van der Waals surface area contributed by atoms with Gasteiger partial charge in [0.1, 0.15) is 6.04 Å². The lowest BCUT2D eigenvalue weighted by Crippen LogP contribution is -2.13. The quantitative estimate of drug-likeness (QED) is 0.703. The number of hydrogen-bond donors (Lipinski definition) is 1. The summed E-state index contributed by atoms with van der Waals surface area (Å²) < 4.78 is 3.74. The van der Waals surface area contributed by atoms with Gasteiger partial charge in [-0.05, 0) is 25.5 Å². The van der Waals surface area contributed by atoms with Crippen molar-refractivity contribution >= 4 is 11.5 Å². The fourth-order valence-electron chi connectivity index (χ4n) is 0.757. The van der Waals surface area contributed by atoms with Gasteiger partial charge >= 0.3 is 0 Å². The highest BCUT2D eigenvalue weighted by Crippen LogP contribution is 2.17. The van der Waals surface area contributed by atoms with E-state index in [1.807, 2.05) is 6.92 Å². The van der Waals surface area contributed by atoms with Gasteiger partial charge in [0.15, 0.2) is 0 Å². The molecule has 0 saturated heterocycles. The lowest BCUT2D eigenvalue weighted by atomic mass is 10.2. The maximum Gasteiger partial charge on any atom is 0.133 e. The average molecular weight is 168 g/mol. The molecular formula is C6H8N4S. The largest absolute Gasteiger partial charge is 0.300 e. The van der Waals surface area contributed by atoms with E-state index in [1.54, 1.807) is 7.05 Å². The molecule has 5 heteroatoms. The summed E-state index contributed by atoms with van der Waals surface area (Å²) in [7, 11) is 1.74. The Hall–Kier alpha value is -0.990. The van der Waals surface area contributed by atoms with Crippen LogP contribution >= 0.6 is 11.5 Å². The van der Waals surface area contributed by atoms with Gasteiger partial charge in [-0.15, -0.1) is 5.10 Å². The van der Waals surface area contributed by atoms with Crippen molar-refractivity contribution in [3.63, 3.8) is 0 Å². The van der Waals surface area contributed by atoms with Gasteiger partial charge in [-0.2, -0.15) is 5.26 Å². The van der Waals surface area contributed by atoms with Gasteiger partial charge in [-0.1, -0.05) is 4.49 Å². The summed E-state index contributed by atoms with van der Waals surface area (Å²) in [5.74, 6) is 0. The Morgan fingerprint density at radius 3 is 2.82 bits per heavy atom. The lowest BCUT2D eigenvalue weighted by Gasteiger charge is -2.02. The molecule has 0 aliphatic carbocycles. The number of aromatic nitrogens is 2. The molecule has 0 bridgehead atoms. The monoisotopic (exact) mass is 168 g/mol. The first-order chi connectivity index (χ1) is 5.29. The van der Waals surface area contributed by atoms with E-state index in [0.29, 0.717) is 0 Å². The summed E-state index contributed by atoms with van der Waals surface area (Å²) in [6.45, 7) is 1.85. The Labute approximate surface area is 69.0 Å². The number of rotatable bonds is 2. The second-order valence-electron chi connectivity index (χ2n) is 2.07. The normalized spacial score (nSPS) is 12.5. The fraction of sp³-hybridized carbons (Fsp3) is 0.500. The molecule has 0 aromatic carbocycles. The second-order valence-corrected chi connectivity index (χ2v) is 2.86. The maximum atomic E-state index is 8.66. The number of nitrogens with one attached hydrogen (secondary N) is 1. The minimum Gasteiger partial charge on any atom is -0.300 e. The summed E-state index contributed by atoms with van der Waals surface area (Å²) in [6, 6.07) is 1.85. The van der Waals surface area contributed by atoms with Crippen molar-refractivity contribution < 1.29 is 0 Å². The van der Waals surface area contributed by atoms with E-state index >= 15 is 0 Å². The molecule has 1 atom stereocenters. The van der Waals surface area contributed by atoms with Crippen molar-refractivity contribution in [3.8, 4) is 6.07 Å². The Morgan fingerprint density at radius 1 is 1.73 bits per heavy atom. The molecule has 1 aromatic heterocycles. The van der Waals surface area contributed by atoms with E-state index in [-0.39, 0.29) is 6.04 Å². The summed E-state index contributed by atoms with van der Waals surface area (Å²) in [4.78, 5) is 0.898. The predicted octanol–water partition coefficient (Wildman–Crippen LogP) is 0.631. The van der Waals surface area contributed by atoms with Crippen LogP contribution in [0.15, 0.2) is 0 Å². The zero-order valence-electron chi connectivity index (χ0n) is 6.33. The highest BCUT2D eigenvalue weighted by molar-refractivity contribution is 7.05. The number of nitriles is 1. The van der Waals surface area contributed by atoms with Crippen molar-refractivity contribution in [1.29, 1.82) is 5.26 Å². The van der Waals surface area contributed by atoms with Gasteiger partial charge in [-0.25, -0.2) is 0 Å². The third-order valence-corrected chi connectivity index (χ3v) is 2.26. The van der Waals surface area contributed by atoms with Gasteiger partial charge in [-0.3, -0.25) is 0 Å². The molecule has 0 aliphatic rings. The SMILES string of the molecule is CNC(C#N)c1snnc1C. The molecule has 0 radical (unpaired) electrons. The molecule has 1 N–H and O–H groups in total. The molecule has 1 unspecified atom stereocenters. The van der Waals surface area contributed by atoms with E-state index in [2.05, 4.69) is 21.0 Å². The van der Waals surface area contributed by atoms with Crippen molar-refractivity contribution in [2.24, 2.45) is 0 Å². The summed E-state index contributed by atoms with van der Waals surface area (Å²) in [5, 5.41) is 15.3. The van der Waals surface area contributed by atoms with Crippen molar-refractivity contribution in [1.82, 2.24) is 14.9 Å². The van der Waals surface area contributed by atoms with Crippen LogP contribution in [0, 0.1) is 18.3 Å². The van der Waals surface area contributed by atoms with Crippen molar-refractivity contribution in [3.05, 3.63) is 10.6 Å². The Bertz CT molecular complexity index is 274. The highest BCUT2D eigenvalue weighted by Gasteiger charge is 2.13. The third kappa shape index (κ3) is 1.53. The fourth-order valence-corrected chi connectivity index (χ4v) is 1.46. The van der Waals surface area contributed by atoms with Crippen LogP contribution in [0.25, 0.3) is 0 Å². The highest BCUT2D eigenvalue weighted by atomic mass is 32.1. The van der Waals surface area contributed by atoms with Crippen LogP contribution in [0.1, 0.15) is 16.6 Å². The van der Waals surface area contributed by atoms with Crippen LogP contribution in [-0.4, -0.2) is 16.6 Å². The standard InChI is InChI=1S/C6H8N4S/c1-4-6(11-10-9-4)5(3-7)8-2/h5,8H,1-2H3. The van der Waals surface area contributed by atoms with E-state index in [9.17, 15) is 0 Å². The van der Waals surface area contributed by atoms with Gasteiger partial charge in [0.25, 0.3) is 0 Å². The Kier molecular flexibility index (Phi) is 2.52. The smallest absolute Gasteiger partial charge is 0.133 e. The topological polar surface area (TPSA) is 61.6 Å². The predicted molar refractivity (Wildman–Crippen MR) is 42.1 cm³/mol. The van der Waals surface area contributed by atoms with E-state index in [1.165, 1.54) is 11.5 Å². The molecule has 0 spiro atoms. The van der Waals surface area contributed by atoms with Crippen LogP contribution in [-0.2, 0) is 0 Å². The molecule has 0 aliphatic heterocycles. The van der Waals surface area contributed by atoms with Gasteiger partial charge in [0.05, 0.1) is 16.6 Å². The minimum absolute atomic E-state index is 0.269. The van der Waals surface area contributed by atoms with Crippen LogP contribution in [0.5, 0.6) is 0 Å². The molecule has 0 saturated carbocycles. The Morgan fingerprint density at radius 2 is 2.45 bits per heavy atom. The molecule has 1 rings (SSSR count). The molecule has 1 heterocycles. The number of aryl methyl sites for hydroxylation is 1. The molecule has 0 fully saturated rings. The van der Waals surface area contributed by atoms with Crippen LogP contribution in [0.3, 0.4) is 0 Å². The first-order valence-corrected chi connectivity index (χ1v) is 3.92. The molecule has 11 heavy (non-hydrogen) atoms. The van der Waals surface area contributed by atoms with E-state index < -0.39 is 0 Å². The summed E-state index contributed by atoms with van der Waals surface area (Å²) >= 11 is 1.26. The van der Waals surface area contributed by atoms with Gasteiger partial charge in [0, 0.05) is 0 Å². The molecule has 4 nitrogen and oxygen atoms in total. The molecule has 0 amide bonds. The Balaban J connectivity index is 2.92. The van der Waals surface area contributed by atoms with Crippen molar-refractivity contribution in [2.45, 2.75) is 13.0 Å². The second kappa shape index (κ2) is 3.42. The van der Waals surface area contributed by atoms with Crippen LogP contribution in [0.4, 0.5) is 0 Å². The first kappa shape index (κ1) is 8.11. The third-order valence-electron chi connectivity index (χ3n) is 1.37. The zero-order chi connectivity index (χ0) is 8.27. The molecular weight excluding hydrogens is 160 g/mol. The maximum absolute atomic E-state index is 8.66. The van der Waals surface area contributed by atoms with Crippen LogP contribution < -0.4 is 5.32 Å². The minimum atomic E-state index is -0.269. The summed E-state index contributed by atoms with van der Waals surface area (Å²) in [6.07, 6.45) is 0.